The monoisotopic (exact) mass is 406 g/mol. The molecule has 0 bridgehead atoms. The number of hydrogen-bond donors (Lipinski definition) is 2. The molecule has 0 unspecified atom stereocenters. The van der Waals surface area contributed by atoms with Gasteiger partial charge in [0.2, 0.25) is 0 Å². The van der Waals surface area contributed by atoms with Crippen LogP contribution in [0.25, 0.3) is 0 Å². The zero-order chi connectivity index (χ0) is 20.9. The summed E-state index contributed by atoms with van der Waals surface area (Å²) in [5, 5.41) is 18.0. The van der Waals surface area contributed by atoms with Crippen molar-refractivity contribution in [3.8, 4) is 6.07 Å². The minimum atomic E-state index is -3.86. The van der Waals surface area contributed by atoms with E-state index in [-0.39, 0.29) is 16.0 Å². The van der Waals surface area contributed by atoms with Gasteiger partial charge in [-0.25, -0.2) is 13.2 Å². The van der Waals surface area contributed by atoms with Gasteiger partial charge < -0.3 is 5.11 Å². The molecule has 3 aromatic rings. The molecule has 0 fully saturated rings. The molecule has 29 heavy (non-hydrogen) atoms. The van der Waals surface area contributed by atoms with Crippen LogP contribution in [0.2, 0.25) is 0 Å². The van der Waals surface area contributed by atoms with Crippen molar-refractivity contribution in [3.63, 3.8) is 0 Å². The number of hydrogen-bond acceptors (Lipinski definition) is 4. The second kappa shape index (κ2) is 8.59. The number of nitrogens with one attached hydrogen (secondary N) is 1. The zero-order valence-electron chi connectivity index (χ0n) is 15.4. The SMILES string of the molecule is N#Cc1ccccc1S(=O)(=O)Nc1ccc(CCc2ccc(C(=O)O)cc2)cc1. The summed E-state index contributed by atoms with van der Waals surface area (Å²) in [6, 6.07) is 21.7. The summed E-state index contributed by atoms with van der Waals surface area (Å²) >= 11 is 0. The van der Waals surface area contributed by atoms with Crippen molar-refractivity contribution in [2.45, 2.75) is 17.7 Å². The number of benzene rings is 3. The lowest BCUT2D eigenvalue weighted by Gasteiger charge is -2.10. The molecule has 3 rings (SSSR count). The van der Waals surface area contributed by atoms with Crippen LogP contribution in [0.5, 0.6) is 0 Å². The highest BCUT2D eigenvalue weighted by molar-refractivity contribution is 7.92. The lowest BCUT2D eigenvalue weighted by Crippen LogP contribution is -2.14. The second-order valence-corrected chi connectivity index (χ2v) is 8.06. The van der Waals surface area contributed by atoms with E-state index in [9.17, 15) is 13.2 Å². The number of rotatable bonds is 7. The Hall–Kier alpha value is -3.63. The van der Waals surface area contributed by atoms with Crippen LogP contribution < -0.4 is 4.72 Å². The Kier molecular flexibility index (Phi) is 5.96. The molecule has 3 aromatic carbocycles. The Morgan fingerprint density at radius 1 is 0.897 bits per heavy atom. The van der Waals surface area contributed by atoms with E-state index in [1.54, 1.807) is 48.5 Å². The summed E-state index contributed by atoms with van der Waals surface area (Å²) in [4.78, 5) is 10.8. The smallest absolute Gasteiger partial charge is 0.335 e. The highest BCUT2D eigenvalue weighted by Crippen LogP contribution is 2.20. The Balaban J connectivity index is 1.65. The van der Waals surface area contributed by atoms with Crippen LogP contribution in [0, 0.1) is 11.3 Å². The topological polar surface area (TPSA) is 107 Å². The molecule has 0 heterocycles. The second-order valence-electron chi connectivity index (χ2n) is 6.41. The van der Waals surface area contributed by atoms with E-state index in [1.165, 1.54) is 12.1 Å². The number of nitrogens with zero attached hydrogens (tertiary/aromatic N) is 1. The van der Waals surface area contributed by atoms with Crippen LogP contribution in [-0.2, 0) is 22.9 Å². The zero-order valence-corrected chi connectivity index (χ0v) is 16.2. The van der Waals surface area contributed by atoms with E-state index < -0.39 is 16.0 Å². The maximum atomic E-state index is 12.5. The van der Waals surface area contributed by atoms with Crippen molar-refractivity contribution in [1.29, 1.82) is 5.26 Å². The number of carboxylic acids is 1. The summed E-state index contributed by atoms with van der Waals surface area (Å²) in [6.45, 7) is 0. The largest absolute Gasteiger partial charge is 0.478 e. The summed E-state index contributed by atoms with van der Waals surface area (Å²) in [7, 11) is -3.86. The highest BCUT2D eigenvalue weighted by atomic mass is 32.2. The Labute approximate surface area is 169 Å². The van der Waals surface area contributed by atoms with Crippen molar-refractivity contribution in [2.24, 2.45) is 0 Å². The maximum absolute atomic E-state index is 12.5. The van der Waals surface area contributed by atoms with Crippen LogP contribution in [-0.4, -0.2) is 19.5 Å². The van der Waals surface area contributed by atoms with Gasteiger partial charge >= 0.3 is 5.97 Å². The van der Waals surface area contributed by atoms with Gasteiger partial charge in [0.1, 0.15) is 11.0 Å². The molecule has 6 nitrogen and oxygen atoms in total. The molecule has 0 amide bonds. The number of carboxylic acid groups (broad SMARTS) is 1. The van der Waals surface area contributed by atoms with Crippen molar-refractivity contribution >= 4 is 21.7 Å². The van der Waals surface area contributed by atoms with Gasteiger partial charge in [0, 0.05) is 5.69 Å². The third-order valence-electron chi connectivity index (χ3n) is 4.41. The van der Waals surface area contributed by atoms with Gasteiger partial charge in [0.05, 0.1) is 11.1 Å². The summed E-state index contributed by atoms with van der Waals surface area (Å²) in [5.41, 5.74) is 2.79. The molecular weight excluding hydrogens is 388 g/mol. The average Bonchev–Trinajstić information content (AvgIpc) is 2.73. The predicted octanol–water partition coefficient (Wildman–Crippen LogP) is 3.84. The van der Waals surface area contributed by atoms with Crippen molar-refractivity contribution in [1.82, 2.24) is 0 Å². The van der Waals surface area contributed by atoms with E-state index in [0.29, 0.717) is 5.69 Å². The first-order chi connectivity index (χ1) is 13.9. The Bertz CT molecular complexity index is 1160. The van der Waals surface area contributed by atoms with Crippen molar-refractivity contribution in [3.05, 3.63) is 95.1 Å². The summed E-state index contributed by atoms with van der Waals surface area (Å²) in [6.07, 6.45) is 1.47. The summed E-state index contributed by atoms with van der Waals surface area (Å²) in [5.74, 6) is -0.952. The van der Waals surface area contributed by atoms with Crippen LogP contribution >= 0.6 is 0 Å². The lowest BCUT2D eigenvalue weighted by atomic mass is 10.0. The molecule has 0 radical (unpaired) electrons. The number of aromatic carboxylic acids is 1. The van der Waals surface area contributed by atoms with Crippen LogP contribution in [0.15, 0.2) is 77.7 Å². The first-order valence-electron chi connectivity index (χ1n) is 8.82. The molecule has 0 aromatic heterocycles. The van der Waals surface area contributed by atoms with Crippen molar-refractivity contribution in [2.75, 3.05) is 4.72 Å². The molecule has 146 valence electrons. The van der Waals surface area contributed by atoms with E-state index in [4.69, 9.17) is 10.4 Å². The number of carbonyl (C=O) groups is 1. The number of aryl methyl sites for hydroxylation is 2. The first-order valence-corrected chi connectivity index (χ1v) is 10.3. The fourth-order valence-electron chi connectivity index (χ4n) is 2.85. The number of nitriles is 1. The number of anilines is 1. The van der Waals surface area contributed by atoms with Crippen LogP contribution in [0.3, 0.4) is 0 Å². The van der Waals surface area contributed by atoms with E-state index >= 15 is 0 Å². The van der Waals surface area contributed by atoms with E-state index in [0.717, 1.165) is 24.0 Å². The third kappa shape index (κ3) is 5.00. The summed E-state index contributed by atoms with van der Waals surface area (Å²) < 4.78 is 27.6. The molecule has 0 saturated heterocycles. The quantitative estimate of drug-likeness (QED) is 0.620. The normalized spacial score (nSPS) is 10.9. The van der Waals surface area contributed by atoms with Gasteiger partial charge in [-0.2, -0.15) is 5.26 Å². The molecule has 7 heteroatoms. The average molecular weight is 406 g/mol. The first kappa shape index (κ1) is 20.1. The molecule has 0 aliphatic rings. The van der Waals surface area contributed by atoms with E-state index in [1.807, 2.05) is 18.2 Å². The molecule has 0 saturated carbocycles. The maximum Gasteiger partial charge on any atom is 0.335 e. The molecular formula is C22H18N2O4S. The molecule has 0 aliphatic carbocycles. The van der Waals surface area contributed by atoms with Crippen LogP contribution in [0.4, 0.5) is 5.69 Å². The highest BCUT2D eigenvalue weighted by Gasteiger charge is 2.18. The predicted molar refractivity (Wildman–Crippen MR) is 109 cm³/mol. The molecule has 0 spiro atoms. The molecule has 0 aliphatic heterocycles. The van der Waals surface area contributed by atoms with E-state index in [2.05, 4.69) is 4.72 Å². The van der Waals surface area contributed by atoms with Gasteiger partial charge in [-0.3, -0.25) is 4.72 Å². The van der Waals surface area contributed by atoms with Gasteiger partial charge in [-0.05, 0) is 60.4 Å². The van der Waals surface area contributed by atoms with Gasteiger partial charge in [0.25, 0.3) is 10.0 Å². The van der Waals surface area contributed by atoms with Crippen LogP contribution in [0.1, 0.15) is 27.0 Å². The van der Waals surface area contributed by atoms with Gasteiger partial charge in [-0.15, -0.1) is 0 Å². The third-order valence-corrected chi connectivity index (χ3v) is 5.85. The Morgan fingerprint density at radius 3 is 2.00 bits per heavy atom. The molecule has 2 N–H and O–H groups in total. The minimum absolute atomic E-state index is 0.0589. The fourth-order valence-corrected chi connectivity index (χ4v) is 4.06. The lowest BCUT2D eigenvalue weighted by molar-refractivity contribution is 0.0697. The fraction of sp³-hybridized carbons (Fsp3) is 0.0909. The van der Waals surface area contributed by atoms with Crippen molar-refractivity contribution < 1.29 is 18.3 Å². The minimum Gasteiger partial charge on any atom is -0.478 e. The standard InChI is InChI=1S/C22H18N2O4S/c23-15-19-3-1-2-4-21(19)29(27,28)24-20-13-9-17(10-14-20)6-5-16-7-11-18(12-8-16)22(25)26/h1-4,7-14,24H,5-6H2,(H,25,26). The molecule has 0 atom stereocenters. The van der Waals surface area contributed by atoms with Gasteiger partial charge in [-0.1, -0.05) is 36.4 Å². The Morgan fingerprint density at radius 2 is 1.45 bits per heavy atom. The van der Waals surface area contributed by atoms with Gasteiger partial charge in [0.15, 0.2) is 0 Å². The number of sulfonamides is 1.